The van der Waals surface area contributed by atoms with Gasteiger partial charge < -0.3 is 31.3 Å². The summed E-state index contributed by atoms with van der Waals surface area (Å²) in [6, 6.07) is 11.8. The van der Waals surface area contributed by atoms with E-state index < -0.39 is 29.9 Å². The molecule has 2 aromatic rings. The molecule has 0 bridgehead atoms. The highest BCUT2D eigenvalue weighted by Gasteiger charge is 2.37. The number of benzene rings is 2. The Balaban J connectivity index is 2.24. The largest absolute Gasteiger partial charge is 0.506 e. The van der Waals surface area contributed by atoms with Crippen LogP contribution in [-0.2, 0) is 27.2 Å². The molecule has 2 aromatic carbocycles. The fourth-order valence-electron chi connectivity index (χ4n) is 4.32. The molecule has 9 heteroatoms. The van der Waals surface area contributed by atoms with Gasteiger partial charge in [0.1, 0.15) is 17.8 Å². The lowest BCUT2D eigenvalue weighted by atomic mass is 9.97. The van der Waals surface area contributed by atoms with Crippen molar-refractivity contribution in [3.8, 4) is 5.75 Å². The molecule has 5 N–H and O–H groups in total. The standard InChI is InChI=1S/C27H39N5O4/c1-17(2)24(32(6)26(35)20(28)14-18-10-8-7-9-11-18)27(36)31(5)22(25(29)34)16-19-12-13-23(33)21(15-19)30(3)4/h7-13,15,17,20,22,24,33H,14,16,28H2,1-6H3,(H2,29,34)/t20-,22?,24-/m0/s1. The number of phenolic OH excluding ortho intramolecular Hbond substituents is 1. The molecule has 0 aliphatic carbocycles. The van der Waals surface area contributed by atoms with E-state index in [9.17, 15) is 19.5 Å². The molecule has 0 radical (unpaired) electrons. The fraction of sp³-hybridized carbons (Fsp3) is 0.444. The van der Waals surface area contributed by atoms with E-state index in [0.717, 1.165) is 11.1 Å². The number of hydrogen-bond acceptors (Lipinski definition) is 6. The normalized spacial score (nSPS) is 13.6. The Bertz CT molecular complexity index is 1060. The molecular weight excluding hydrogens is 458 g/mol. The van der Waals surface area contributed by atoms with Gasteiger partial charge >= 0.3 is 0 Å². The minimum absolute atomic E-state index is 0.107. The number of carbonyl (C=O) groups is 3. The van der Waals surface area contributed by atoms with Crippen LogP contribution in [0.2, 0.25) is 0 Å². The summed E-state index contributed by atoms with van der Waals surface area (Å²) in [5.41, 5.74) is 14.2. The van der Waals surface area contributed by atoms with Gasteiger partial charge in [0.2, 0.25) is 17.7 Å². The summed E-state index contributed by atoms with van der Waals surface area (Å²) in [5.74, 6) is -1.55. The number of primary amides is 1. The van der Waals surface area contributed by atoms with Gasteiger partial charge in [-0.2, -0.15) is 0 Å². The molecule has 0 fully saturated rings. The minimum Gasteiger partial charge on any atom is -0.506 e. The maximum Gasteiger partial charge on any atom is 0.246 e. The van der Waals surface area contributed by atoms with E-state index in [1.54, 1.807) is 44.2 Å². The number of phenols is 1. The van der Waals surface area contributed by atoms with E-state index in [-0.39, 0.29) is 24.0 Å². The van der Waals surface area contributed by atoms with Crippen LogP contribution in [0.5, 0.6) is 5.75 Å². The first-order chi connectivity index (χ1) is 16.8. The van der Waals surface area contributed by atoms with Gasteiger partial charge in [-0.1, -0.05) is 50.2 Å². The van der Waals surface area contributed by atoms with Crippen LogP contribution in [0.3, 0.4) is 0 Å². The number of amides is 3. The highest BCUT2D eigenvalue weighted by molar-refractivity contribution is 5.93. The molecule has 36 heavy (non-hydrogen) atoms. The van der Waals surface area contributed by atoms with Gasteiger partial charge in [0.25, 0.3) is 0 Å². The van der Waals surface area contributed by atoms with E-state index >= 15 is 0 Å². The molecule has 0 aromatic heterocycles. The van der Waals surface area contributed by atoms with Gasteiger partial charge in [-0.25, -0.2) is 0 Å². The van der Waals surface area contributed by atoms with Crippen LogP contribution in [0, 0.1) is 5.92 Å². The molecule has 0 saturated carbocycles. The summed E-state index contributed by atoms with van der Waals surface area (Å²) in [4.78, 5) is 43.6. The Morgan fingerprint density at radius 3 is 2.00 bits per heavy atom. The third-order valence-corrected chi connectivity index (χ3v) is 6.36. The summed E-state index contributed by atoms with van der Waals surface area (Å²) in [6.45, 7) is 3.68. The number of aromatic hydroxyl groups is 1. The van der Waals surface area contributed by atoms with Gasteiger partial charge in [0.05, 0.1) is 11.7 Å². The van der Waals surface area contributed by atoms with E-state index in [1.807, 2.05) is 44.2 Å². The van der Waals surface area contributed by atoms with E-state index in [1.165, 1.54) is 16.8 Å². The lowest BCUT2D eigenvalue weighted by Gasteiger charge is -2.36. The lowest BCUT2D eigenvalue weighted by molar-refractivity contribution is -0.149. The first-order valence-corrected chi connectivity index (χ1v) is 12.0. The molecule has 0 heterocycles. The van der Waals surface area contributed by atoms with Crippen molar-refractivity contribution in [2.45, 2.75) is 44.8 Å². The van der Waals surface area contributed by atoms with Crippen LogP contribution >= 0.6 is 0 Å². The van der Waals surface area contributed by atoms with Gasteiger partial charge in [-0.05, 0) is 35.6 Å². The van der Waals surface area contributed by atoms with Crippen LogP contribution in [0.1, 0.15) is 25.0 Å². The Hall–Kier alpha value is -3.59. The zero-order valence-electron chi connectivity index (χ0n) is 22.0. The van der Waals surface area contributed by atoms with Gasteiger partial charge in [-0.15, -0.1) is 0 Å². The Morgan fingerprint density at radius 2 is 1.47 bits per heavy atom. The fourth-order valence-corrected chi connectivity index (χ4v) is 4.32. The maximum atomic E-state index is 13.6. The first kappa shape index (κ1) is 28.6. The van der Waals surface area contributed by atoms with Gasteiger partial charge in [-0.3, -0.25) is 14.4 Å². The highest BCUT2D eigenvalue weighted by Crippen LogP contribution is 2.27. The maximum absolute atomic E-state index is 13.6. The summed E-state index contributed by atoms with van der Waals surface area (Å²) in [6.07, 6.45) is 0.506. The minimum atomic E-state index is -0.945. The quantitative estimate of drug-likeness (QED) is 0.429. The molecule has 1 unspecified atom stereocenters. The number of nitrogens with zero attached hydrogens (tertiary/aromatic N) is 3. The third-order valence-electron chi connectivity index (χ3n) is 6.36. The van der Waals surface area contributed by atoms with Crippen molar-refractivity contribution in [2.75, 3.05) is 33.1 Å². The second-order valence-corrected chi connectivity index (χ2v) is 9.72. The first-order valence-electron chi connectivity index (χ1n) is 12.0. The second-order valence-electron chi connectivity index (χ2n) is 9.72. The van der Waals surface area contributed by atoms with Crippen LogP contribution in [0.15, 0.2) is 48.5 Å². The zero-order valence-corrected chi connectivity index (χ0v) is 22.0. The van der Waals surface area contributed by atoms with E-state index in [4.69, 9.17) is 11.5 Å². The summed E-state index contributed by atoms with van der Waals surface area (Å²) in [5, 5.41) is 10.1. The summed E-state index contributed by atoms with van der Waals surface area (Å²) in [7, 11) is 6.67. The number of nitrogens with two attached hydrogens (primary N) is 2. The van der Waals surface area contributed by atoms with Crippen LogP contribution in [0.25, 0.3) is 0 Å². The Labute approximate surface area is 213 Å². The smallest absolute Gasteiger partial charge is 0.246 e. The van der Waals surface area contributed by atoms with Crippen molar-refractivity contribution in [2.24, 2.45) is 17.4 Å². The highest BCUT2D eigenvalue weighted by atomic mass is 16.3. The van der Waals surface area contributed by atoms with E-state index in [0.29, 0.717) is 12.1 Å². The average molecular weight is 498 g/mol. The molecule has 3 atom stereocenters. The number of rotatable bonds is 11. The van der Waals surface area contributed by atoms with Crippen LogP contribution < -0.4 is 16.4 Å². The van der Waals surface area contributed by atoms with Crippen molar-refractivity contribution in [1.29, 1.82) is 0 Å². The van der Waals surface area contributed by atoms with Crippen molar-refractivity contribution in [3.63, 3.8) is 0 Å². The van der Waals surface area contributed by atoms with E-state index in [2.05, 4.69) is 0 Å². The predicted molar refractivity (Wildman–Crippen MR) is 141 cm³/mol. The average Bonchev–Trinajstić information content (AvgIpc) is 2.82. The predicted octanol–water partition coefficient (Wildman–Crippen LogP) is 1.37. The molecule has 3 amide bonds. The van der Waals surface area contributed by atoms with Gasteiger partial charge in [0.15, 0.2) is 0 Å². The number of anilines is 1. The SMILES string of the molecule is CC(C)[C@@H](C(=O)N(C)C(Cc1ccc(O)c(N(C)C)c1)C(N)=O)N(C)C(=O)[C@@H](N)Cc1ccccc1. The number of hydrogen-bond donors (Lipinski definition) is 3. The third kappa shape index (κ3) is 6.97. The number of likely N-dealkylation sites (N-methyl/N-ethyl adjacent to an activating group) is 2. The van der Waals surface area contributed by atoms with Crippen molar-refractivity contribution in [1.82, 2.24) is 9.80 Å². The summed E-state index contributed by atoms with van der Waals surface area (Å²) < 4.78 is 0. The molecule has 2 rings (SSSR count). The van der Waals surface area contributed by atoms with Crippen molar-refractivity contribution in [3.05, 3.63) is 59.7 Å². The molecule has 0 saturated heterocycles. The van der Waals surface area contributed by atoms with Gasteiger partial charge in [0, 0.05) is 34.6 Å². The monoisotopic (exact) mass is 497 g/mol. The Morgan fingerprint density at radius 1 is 0.861 bits per heavy atom. The summed E-state index contributed by atoms with van der Waals surface area (Å²) >= 11 is 0. The topological polar surface area (TPSA) is 133 Å². The molecule has 0 aliphatic rings. The molecule has 9 nitrogen and oxygen atoms in total. The lowest BCUT2D eigenvalue weighted by Crippen LogP contribution is -2.58. The number of carbonyl (C=O) groups excluding carboxylic acids is 3. The molecule has 196 valence electrons. The zero-order chi connectivity index (χ0) is 27.2. The second kappa shape index (κ2) is 12.4. The molecule has 0 spiro atoms. The molecule has 0 aliphatic heterocycles. The Kier molecular flexibility index (Phi) is 9.86. The van der Waals surface area contributed by atoms with Crippen LogP contribution in [-0.4, -0.2) is 78.9 Å². The van der Waals surface area contributed by atoms with Crippen molar-refractivity contribution >= 4 is 23.4 Å². The molecular formula is C27H39N5O4. The van der Waals surface area contributed by atoms with Crippen molar-refractivity contribution < 1.29 is 19.5 Å². The van der Waals surface area contributed by atoms with Crippen LogP contribution in [0.4, 0.5) is 5.69 Å².